The Bertz CT molecular complexity index is 568. The summed E-state index contributed by atoms with van der Waals surface area (Å²) in [5.74, 6) is 0. The number of ether oxygens (including phenoxy) is 1. The molecule has 0 saturated carbocycles. The van der Waals surface area contributed by atoms with Gasteiger partial charge in [-0.3, -0.25) is 0 Å². The molecule has 120 valence electrons. The zero-order chi connectivity index (χ0) is 15.5. The van der Waals surface area contributed by atoms with Crippen LogP contribution in [-0.4, -0.2) is 50.1 Å². The van der Waals surface area contributed by atoms with Gasteiger partial charge in [-0.05, 0) is 26.5 Å². The van der Waals surface area contributed by atoms with Crippen molar-refractivity contribution in [3.63, 3.8) is 0 Å². The quantitative estimate of drug-likeness (QED) is 0.851. The molecule has 0 spiro atoms. The molecule has 7 heteroatoms. The van der Waals surface area contributed by atoms with Crippen LogP contribution in [0.3, 0.4) is 0 Å². The van der Waals surface area contributed by atoms with Crippen molar-refractivity contribution in [3.05, 3.63) is 18.0 Å². The van der Waals surface area contributed by atoms with Crippen LogP contribution in [0.15, 0.2) is 17.2 Å². The van der Waals surface area contributed by atoms with E-state index >= 15 is 0 Å². The fourth-order valence-electron chi connectivity index (χ4n) is 2.70. The highest BCUT2D eigenvalue weighted by molar-refractivity contribution is 7.89. The molecule has 2 heterocycles. The van der Waals surface area contributed by atoms with E-state index in [1.165, 1.54) is 0 Å². The number of hydrogen-bond donors (Lipinski definition) is 1. The Labute approximate surface area is 127 Å². The number of aryl methyl sites for hydroxylation is 1. The van der Waals surface area contributed by atoms with Crippen molar-refractivity contribution < 1.29 is 13.2 Å². The number of hydrogen-bond acceptors (Lipinski definition) is 4. The number of nitrogens with one attached hydrogen (secondary N) is 1. The third-order valence-corrected chi connectivity index (χ3v) is 5.83. The van der Waals surface area contributed by atoms with Crippen LogP contribution in [0.2, 0.25) is 0 Å². The summed E-state index contributed by atoms with van der Waals surface area (Å²) in [4.78, 5) is 0.384. The Kier molecular flexibility index (Phi) is 5.43. The molecule has 0 aromatic carbocycles. The molecule has 1 aliphatic rings. The molecule has 0 bridgehead atoms. The Balaban J connectivity index is 2.34. The van der Waals surface area contributed by atoms with Crippen molar-refractivity contribution in [2.24, 2.45) is 0 Å². The fourth-order valence-corrected chi connectivity index (χ4v) is 4.44. The predicted molar refractivity (Wildman–Crippen MR) is 81.7 cm³/mol. The Morgan fingerprint density at radius 1 is 1.43 bits per heavy atom. The first-order chi connectivity index (χ1) is 10.0. The Hall–Kier alpha value is -0.890. The van der Waals surface area contributed by atoms with Gasteiger partial charge < -0.3 is 14.6 Å². The fraction of sp³-hybridized carbons (Fsp3) is 0.714. The minimum Gasteiger partial charge on any atom is -0.378 e. The second kappa shape index (κ2) is 6.91. The lowest BCUT2D eigenvalue weighted by Crippen LogP contribution is -2.48. The molecule has 1 N–H and O–H groups in total. The van der Waals surface area contributed by atoms with E-state index in [0.717, 1.165) is 18.7 Å². The summed E-state index contributed by atoms with van der Waals surface area (Å²) in [7, 11) is -1.59. The molecule has 1 aromatic heterocycles. The molecule has 1 aliphatic heterocycles. The van der Waals surface area contributed by atoms with Gasteiger partial charge in [0.15, 0.2) is 0 Å². The Morgan fingerprint density at radius 3 is 2.81 bits per heavy atom. The monoisotopic (exact) mass is 315 g/mol. The highest BCUT2D eigenvalue weighted by atomic mass is 32.2. The molecule has 1 aromatic rings. The van der Waals surface area contributed by atoms with Gasteiger partial charge >= 0.3 is 0 Å². The summed E-state index contributed by atoms with van der Waals surface area (Å²) >= 11 is 0. The first-order valence-electron chi connectivity index (χ1n) is 7.47. The molecule has 6 nitrogen and oxygen atoms in total. The molecular formula is C14H25N3O3S. The lowest BCUT2D eigenvalue weighted by molar-refractivity contribution is 0.0314. The van der Waals surface area contributed by atoms with Crippen LogP contribution in [0.25, 0.3) is 0 Å². The van der Waals surface area contributed by atoms with Gasteiger partial charge in [0.2, 0.25) is 10.0 Å². The van der Waals surface area contributed by atoms with Crippen LogP contribution >= 0.6 is 0 Å². The predicted octanol–water partition coefficient (Wildman–Crippen LogP) is 1.03. The molecule has 1 unspecified atom stereocenters. The number of rotatable bonds is 6. The molecule has 0 aliphatic carbocycles. The average Bonchev–Trinajstić information content (AvgIpc) is 2.91. The molecule has 1 atom stereocenters. The van der Waals surface area contributed by atoms with Crippen molar-refractivity contribution in [1.29, 1.82) is 0 Å². The lowest BCUT2D eigenvalue weighted by atomic mass is 10.2. The SMILES string of the molecule is CCC1COCCN1S(=O)(=O)c1cc(CNC)n(CC)c1. The van der Waals surface area contributed by atoms with Gasteiger partial charge in [0.05, 0.1) is 13.2 Å². The van der Waals surface area contributed by atoms with Gasteiger partial charge in [-0.2, -0.15) is 4.31 Å². The number of aromatic nitrogens is 1. The third-order valence-electron chi connectivity index (χ3n) is 3.91. The highest BCUT2D eigenvalue weighted by Crippen LogP contribution is 2.24. The standard InChI is InChI=1S/C14H25N3O3S/c1-4-12-11-20-7-6-17(12)21(18,19)14-8-13(9-15-3)16(5-2)10-14/h8,10,12,15H,4-7,9,11H2,1-3H3. The maximum absolute atomic E-state index is 12.9. The van der Waals surface area contributed by atoms with Crippen molar-refractivity contribution in [1.82, 2.24) is 14.2 Å². The second-order valence-electron chi connectivity index (χ2n) is 5.24. The number of morpholine rings is 1. The van der Waals surface area contributed by atoms with Crippen molar-refractivity contribution in [2.45, 2.75) is 44.3 Å². The van der Waals surface area contributed by atoms with E-state index in [2.05, 4.69) is 5.32 Å². The van der Waals surface area contributed by atoms with E-state index in [0.29, 0.717) is 31.2 Å². The largest absolute Gasteiger partial charge is 0.378 e. The van der Waals surface area contributed by atoms with Gasteiger partial charge in [-0.1, -0.05) is 6.92 Å². The van der Waals surface area contributed by atoms with E-state index < -0.39 is 10.0 Å². The van der Waals surface area contributed by atoms with Gasteiger partial charge in [-0.25, -0.2) is 8.42 Å². The minimum atomic E-state index is -3.45. The molecule has 1 saturated heterocycles. The van der Waals surface area contributed by atoms with Crippen molar-refractivity contribution in [2.75, 3.05) is 26.8 Å². The van der Waals surface area contributed by atoms with E-state index in [4.69, 9.17) is 4.74 Å². The van der Waals surface area contributed by atoms with Gasteiger partial charge in [0.25, 0.3) is 0 Å². The summed E-state index contributed by atoms with van der Waals surface area (Å²) in [5.41, 5.74) is 0.986. The normalized spacial score (nSPS) is 20.8. The third kappa shape index (κ3) is 3.31. The van der Waals surface area contributed by atoms with Crippen LogP contribution in [-0.2, 0) is 27.8 Å². The molecule has 1 fully saturated rings. The summed E-state index contributed by atoms with van der Waals surface area (Å²) in [6.07, 6.45) is 2.50. The maximum atomic E-state index is 12.9. The molecule has 0 amide bonds. The Morgan fingerprint density at radius 2 is 2.19 bits per heavy atom. The number of nitrogens with zero attached hydrogens (tertiary/aromatic N) is 2. The van der Waals surface area contributed by atoms with Crippen LogP contribution in [0, 0.1) is 0 Å². The molecule has 0 radical (unpaired) electrons. The van der Waals surface area contributed by atoms with E-state index in [9.17, 15) is 8.42 Å². The van der Waals surface area contributed by atoms with E-state index in [1.54, 1.807) is 16.6 Å². The minimum absolute atomic E-state index is 0.0681. The van der Waals surface area contributed by atoms with Crippen LogP contribution < -0.4 is 5.32 Å². The van der Waals surface area contributed by atoms with E-state index in [-0.39, 0.29) is 6.04 Å². The van der Waals surface area contributed by atoms with Crippen LogP contribution in [0.5, 0.6) is 0 Å². The zero-order valence-corrected chi connectivity index (χ0v) is 13.8. The van der Waals surface area contributed by atoms with Gasteiger partial charge in [-0.15, -0.1) is 0 Å². The van der Waals surface area contributed by atoms with E-state index in [1.807, 2.05) is 25.5 Å². The highest BCUT2D eigenvalue weighted by Gasteiger charge is 2.33. The van der Waals surface area contributed by atoms with Crippen molar-refractivity contribution in [3.8, 4) is 0 Å². The van der Waals surface area contributed by atoms with Crippen LogP contribution in [0.1, 0.15) is 26.0 Å². The topological polar surface area (TPSA) is 63.6 Å². The summed E-state index contributed by atoms with van der Waals surface area (Å²) in [5, 5.41) is 3.07. The van der Waals surface area contributed by atoms with Gasteiger partial charge in [0.1, 0.15) is 4.90 Å². The van der Waals surface area contributed by atoms with Gasteiger partial charge in [0, 0.05) is 37.6 Å². The van der Waals surface area contributed by atoms with Crippen LogP contribution in [0.4, 0.5) is 0 Å². The summed E-state index contributed by atoms with van der Waals surface area (Å²) in [6.45, 7) is 6.79. The smallest absolute Gasteiger partial charge is 0.245 e. The average molecular weight is 315 g/mol. The summed E-state index contributed by atoms with van der Waals surface area (Å²) < 4.78 is 34.7. The molecule has 21 heavy (non-hydrogen) atoms. The molecular weight excluding hydrogens is 290 g/mol. The number of sulfonamides is 1. The first-order valence-corrected chi connectivity index (χ1v) is 8.91. The lowest BCUT2D eigenvalue weighted by Gasteiger charge is -2.33. The summed E-state index contributed by atoms with van der Waals surface area (Å²) in [6, 6.07) is 1.71. The maximum Gasteiger partial charge on any atom is 0.245 e. The van der Waals surface area contributed by atoms with Crippen molar-refractivity contribution >= 4 is 10.0 Å². The first kappa shape index (κ1) is 16.5. The second-order valence-corrected chi connectivity index (χ2v) is 7.13. The zero-order valence-electron chi connectivity index (χ0n) is 13.0. The molecule has 2 rings (SSSR count).